The molecular formula is C17H24N4O2S. The molecule has 0 atom stereocenters. The van der Waals surface area contributed by atoms with Crippen molar-refractivity contribution in [2.75, 3.05) is 30.8 Å². The Morgan fingerprint density at radius 3 is 2.29 bits per heavy atom. The average molecular weight is 348 g/mol. The summed E-state index contributed by atoms with van der Waals surface area (Å²) in [5.41, 5.74) is 2.72. The first kappa shape index (κ1) is 17.1. The number of hydrogen-bond donors (Lipinski definition) is 0. The van der Waals surface area contributed by atoms with Gasteiger partial charge < -0.3 is 4.90 Å². The van der Waals surface area contributed by atoms with Crippen molar-refractivity contribution in [3.63, 3.8) is 0 Å². The summed E-state index contributed by atoms with van der Waals surface area (Å²) in [6.07, 6.45) is 2.92. The largest absolute Gasteiger partial charge is 0.355 e. The van der Waals surface area contributed by atoms with Crippen molar-refractivity contribution in [2.24, 2.45) is 0 Å². The van der Waals surface area contributed by atoms with E-state index in [0.717, 1.165) is 48.5 Å². The summed E-state index contributed by atoms with van der Waals surface area (Å²) in [4.78, 5) is 11.6. The van der Waals surface area contributed by atoms with E-state index in [2.05, 4.69) is 9.88 Å². The van der Waals surface area contributed by atoms with Crippen LogP contribution in [-0.2, 0) is 10.0 Å². The minimum atomic E-state index is -3.15. The van der Waals surface area contributed by atoms with E-state index >= 15 is 0 Å². The fraction of sp³-hybridized carbons (Fsp3) is 0.529. The van der Waals surface area contributed by atoms with Crippen LogP contribution in [0.4, 0.5) is 5.82 Å². The maximum absolute atomic E-state index is 11.9. The fourth-order valence-corrected chi connectivity index (χ4v) is 4.73. The van der Waals surface area contributed by atoms with Crippen LogP contribution < -0.4 is 4.90 Å². The van der Waals surface area contributed by atoms with Crippen LogP contribution in [-0.4, -0.2) is 54.6 Å². The molecule has 1 fully saturated rings. The van der Waals surface area contributed by atoms with Gasteiger partial charge in [-0.05, 0) is 31.9 Å². The predicted octanol–water partition coefficient (Wildman–Crippen LogP) is 2.19. The summed E-state index contributed by atoms with van der Waals surface area (Å²) in [7, 11) is -3.15. The molecule has 3 rings (SSSR count). The van der Waals surface area contributed by atoms with E-state index in [1.54, 1.807) is 4.31 Å². The van der Waals surface area contributed by atoms with E-state index < -0.39 is 10.0 Å². The number of fused-ring (bicyclic) bond motifs is 1. The molecule has 1 aromatic carbocycles. The van der Waals surface area contributed by atoms with Gasteiger partial charge in [0.25, 0.3) is 0 Å². The zero-order valence-corrected chi connectivity index (χ0v) is 15.3. The summed E-state index contributed by atoms with van der Waals surface area (Å²) in [6, 6.07) is 7.95. The molecule has 24 heavy (non-hydrogen) atoms. The molecule has 0 amide bonds. The van der Waals surface area contributed by atoms with Gasteiger partial charge in [-0.3, -0.25) is 0 Å². The first-order valence-corrected chi connectivity index (χ1v) is 10.2. The number of nitrogens with zero attached hydrogens (tertiary/aromatic N) is 4. The van der Waals surface area contributed by atoms with Gasteiger partial charge in [0.05, 0.1) is 23.0 Å². The first-order valence-electron chi connectivity index (χ1n) is 8.35. The molecule has 0 bridgehead atoms. The van der Waals surface area contributed by atoms with Gasteiger partial charge in [0.2, 0.25) is 10.0 Å². The van der Waals surface area contributed by atoms with E-state index in [0.29, 0.717) is 6.54 Å². The Bertz CT molecular complexity index is 830. The van der Waals surface area contributed by atoms with Gasteiger partial charge >= 0.3 is 0 Å². The highest BCUT2D eigenvalue weighted by atomic mass is 32.2. The lowest BCUT2D eigenvalue weighted by Gasteiger charge is -2.37. The molecule has 1 aliphatic heterocycles. The number of sulfonamides is 1. The second kappa shape index (κ2) is 6.64. The minimum Gasteiger partial charge on any atom is -0.355 e. The molecule has 7 heteroatoms. The maximum Gasteiger partial charge on any atom is 0.211 e. The Labute approximate surface area is 143 Å². The van der Waals surface area contributed by atoms with Gasteiger partial charge in [-0.2, -0.15) is 4.31 Å². The summed E-state index contributed by atoms with van der Waals surface area (Å²) in [6.45, 7) is 6.00. The fourth-order valence-electron chi connectivity index (χ4n) is 3.51. The number of aromatic nitrogens is 2. The zero-order chi connectivity index (χ0) is 17.3. The molecule has 1 aromatic heterocycles. The van der Waals surface area contributed by atoms with Crippen LogP contribution in [0.3, 0.4) is 0 Å². The number of para-hydroxylation sites is 2. The van der Waals surface area contributed by atoms with E-state index in [-0.39, 0.29) is 6.04 Å². The normalized spacial score (nSPS) is 16.9. The third kappa shape index (κ3) is 3.37. The molecule has 0 unspecified atom stereocenters. The third-order valence-corrected chi connectivity index (χ3v) is 6.04. The number of rotatable bonds is 4. The Hall–Kier alpha value is -1.73. The lowest BCUT2D eigenvalue weighted by atomic mass is 10.0. The van der Waals surface area contributed by atoms with Gasteiger partial charge in [-0.1, -0.05) is 19.1 Å². The lowest BCUT2D eigenvalue weighted by molar-refractivity contribution is 0.285. The lowest BCUT2D eigenvalue weighted by Crippen LogP contribution is -2.47. The summed E-state index contributed by atoms with van der Waals surface area (Å²) in [5, 5.41) is 0. The number of aryl methyl sites for hydroxylation is 1. The molecule has 0 radical (unpaired) electrons. The summed E-state index contributed by atoms with van der Waals surface area (Å²) in [5.74, 6) is 0.912. The quantitative estimate of drug-likeness (QED) is 0.847. The van der Waals surface area contributed by atoms with Crippen molar-refractivity contribution < 1.29 is 8.42 Å². The topological polar surface area (TPSA) is 66.4 Å². The van der Waals surface area contributed by atoms with E-state index in [4.69, 9.17) is 4.98 Å². The van der Waals surface area contributed by atoms with Crippen LogP contribution in [0.5, 0.6) is 0 Å². The second-order valence-electron chi connectivity index (χ2n) is 6.31. The number of benzene rings is 1. The van der Waals surface area contributed by atoms with Gasteiger partial charge in [0.15, 0.2) is 5.82 Å². The molecule has 130 valence electrons. The summed E-state index contributed by atoms with van der Waals surface area (Å²) >= 11 is 0. The molecule has 2 heterocycles. The zero-order valence-electron chi connectivity index (χ0n) is 14.4. The Morgan fingerprint density at radius 2 is 1.75 bits per heavy atom. The molecule has 0 spiro atoms. The standard InChI is InChI=1S/C17H24N4O2S/c1-4-21(24(3,22)23)14-9-11-20(12-10-14)17-13(2)18-15-7-5-6-8-16(15)19-17/h5-8,14H,4,9-12H2,1-3H3. The van der Waals surface area contributed by atoms with Crippen LogP contribution in [0, 0.1) is 6.92 Å². The number of anilines is 1. The highest BCUT2D eigenvalue weighted by Gasteiger charge is 2.30. The van der Waals surface area contributed by atoms with E-state index in [1.165, 1.54) is 6.26 Å². The van der Waals surface area contributed by atoms with Crippen LogP contribution >= 0.6 is 0 Å². The smallest absolute Gasteiger partial charge is 0.211 e. The van der Waals surface area contributed by atoms with Crippen molar-refractivity contribution in [3.8, 4) is 0 Å². The predicted molar refractivity (Wildman–Crippen MR) is 96.7 cm³/mol. The Balaban J connectivity index is 1.79. The highest BCUT2D eigenvalue weighted by Crippen LogP contribution is 2.25. The van der Waals surface area contributed by atoms with Gasteiger partial charge in [0, 0.05) is 25.7 Å². The van der Waals surface area contributed by atoms with Crippen LogP contribution in [0.25, 0.3) is 11.0 Å². The van der Waals surface area contributed by atoms with Crippen LogP contribution in [0.2, 0.25) is 0 Å². The number of piperidine rings is 1. The van der Waals surface area contributed by atoms with E-state index in [1.807, 2.05) is 38.1 Å². The molecule has 6 nitrogen and oxygen atoms in total. The molecular weight excluding hydrogens is 324 g/mol. The van der Waals surface area contributed by atoms with Crippen molar-refractivity contribution in [3.05, 3.63) is 30.0 Å². The van der Waals surface area contributed by atoms with Crippen LogP contribution in [0.1, 0.15) is 25.5 Å². The van der Waals surface area contributed by atoms with Gasteiger partial charge in [-0.25, -0.2) is 18.4 Å². The average Bonchev–Trinajstić information content (AvgIpc) is 2.54. The molecule has 0 N–H and O–H groups in total. The van der Waals surface area contributed by atoms with Gasteiger partial charge in [0.1, 0.15) is 0 Å². The maximum atomic E-state index is 11.9. The Morgan fingerprint density at radius 1 is 1.17 bits per heavy atom. The van der Waals surface area contributed by atoms with Crippen molar-refractivity contribution in [1.29, 1.82) is 0 Å². The second-order valence-corrected chi connectivity index (χ2v) is 8.24. The molecule has 2 aromatic rings. The van der Waals surface area contributed by atoms with Gasteiger partial charge in [-0.15, -0.1) is 0 Å². The van der Waals surface area contributed by atoms with E-state index in [9.17, 15) is 8.42 Å². The summed E-state index contributed by atoms with van der Waals surface area (Å²) < 4.78 is 25.4. The molecule has 0 aliphatic carbocycles. The molecule has 0 saturated carbocycles. The monoisotopic (exact) mass is 348 g/mol. The number of hydrogen-bond acceptors (Lipinski definition) is 5. The first-order chi connectivity index (χ1) is 11.4. The van der Waals surface area contributed by atoms with Crippen molar-refractivity contribution in [2.45, 2.75) is 32.7 Å². The Kier molecular flexibility index (Phi) is 4.73. The molecule has 1 saturated heterocycles. The minimum absolute atomic E-state index is 0.0787. The third-order valence-electron chi connectivity index (χ3n) is 4.63. The van der Waals surface area contributed by atoms with Crippen LogP contribution in [0.15, 0.2) is 24.3 Å². The highest BCUT2D eigenvalue weighted by molar-refractivity contribution is 7.88. The SMILES string of the molecule is CCN(C1CCN(c2nc3ccccc3nc2C)CC1)S(C)(=O)=O. The molecule has 1 aliphatic rings. The van der Waals surface area contributed by atoms with Crippen molar-refractivity contribution >= 4 is 26.9 Å². The van der Waals surface area contributed by atoms with Crippen molar-refractivity contribution in [1.82, 2.24) is 14.3 Å².